The smallest absolute Gasteiger partial charge is 0.329 e. The maximum atomic E-state index is 12.8. The Bertz CT molecular complexity index is 1220. The molecule has 2 rings (SSSR count). The van der Waals surface area contributed by atoms with Gasteiger partial charge >= 0.3 is 5.97 Å². The number of amides is 6. The predicted molar refractivity (Wildman–Crippen MR) is 153 cm³/mol. The average molecular weight is 616 g/mol. The number of nitrogens with zero attached hydrogens (tertiary/aromatic N) is 1. The maximum absolute atomic E-state index is 12.8. The number of hydrogen-bond donors (Lipinski definition) is 5. The number of nitrogens with one attached hydrogen (secondary N) is 4. The third kappa shape index (κ3) is 14.3. The molecule has 0 saturated heterocycles. The minimum absolute atomic E-state index is 0.0110. The standard InChI is InChI=1S/C29H37N5O10/c35-21(9-5-2-6-14-34-26(39)12-13-27(34)40)10-11-23(36)30-17-25(38)33-22(15-20-7-3-1-4-8-20)29(43)31-16-24(37)32-19-44-18-28(41)42/h1,3-4,7-8,12-13,22H,2,5-6,9-11,14-19H2,(H,30,36)(H,31,43)(H,32,37)(H,33,38)(H,41,42)/t22-/m0/s1. The van der Waals surface area contributed by atoms with Crippen molar-refractivity contribution in [3.63, 3.8) is 0 Å². The fourth-order valence-electron chi connectivity index (χ4n) is 3.99. The van der Waals surface area contributed by atoms with Crippen molar-refractivity contribution >= 4 is 47.2 Å². The van der Waals surface area contributed by atoms with Gasteiger partial charge in [0.05, 0.1) is 13.1 Å². The van der Waals surface area contributed by atoms with Crippen molar-refractivity contribution in [1.29, 1.82) is 0 Å². The summed E-state index contributed by atoms with van der Waals surface area (Å²) >= 11 is 0. The molecule has 1 atom stereocenters. The van der Waals surface area contributed by atoms with Crippen LogP contribution in [-0.4, -0.2) is 96.2 Å². The fourth-order valence-corrected chi connectivity index (χ4v) is 3.99. The van der Waals surface area contributed by atoms with Crippen molar-refractivity contribution in [2.24, 2.45) is 0 Å². The molecule has 0 aliphatic carbocycles. The van der Waals surface area contributed by atoms with Crippen LogP contribution < -0.4 is 21.3 Å². The molecule has 6 amide bonds. The maximum Gasteiger partial charge on any atom is 0.329 e. The molecule has 1 heterocycles. The zero-order valence-electron chi connectivity index (χ0n) is 24.2. The molecule has 0 radical (unpaired) electrons. The van der Waals surface area contributed by atoms with E-state index in [1.54, 1.807) is 30.3 Å². The molecule has 0 fully saturated rings. The van der Waals surface area contributed by atoms with Gasteiger partial charge in [-0.25, -0.2) is 4.79 Å². The van der Waals surface area contributed by atoms with Gasteiger partial charge in [0, 0.05) is 44.4 Å². The zero-order valence-corrected chi connectivity index (χ0v) is 24.2. The number of benzene rings is 1. The molecule has 0 spiro atoms. The van der Waals surface area contributed by atoms with E-state index in [0.29, 0.717) is 19.3 Å². The normalized spacial score (nSPS) is 12.9. The third-order valence-corrected chi connectivity index (χ3v) is 6.27. The van der Waals surface area contributed by atoms with Gasteiger partial charge in [-0.3, -0.25) is 38.5 Å². The lowest BCUT2D eigenvalue weighted by Crippen LogP contribution is -2.52. The molecule has 1 aromatic rings. The Morgan fingerprint density at radius 2 is 1.45 bits per heavy atom. The molecule has 44 heavy (non-hydrogen) atoms. The van der Waals surface area contributed by atoms with Crippen LogP contribution in [0.2, 0.25) is 0 Å². The first kappa shape index (κ1) is 35.3. The van der Waals surface area contributed by atoms with Gasteiger partial charge in [-0.2, -0.15) is 0 Å². The first-order valence-corrected chi connectivity index (χ1v) is 14.0. The number of rotatable bonds is 21. The summed E-state index contributed by atoms with van der Waals surface area (Å²) in [5.74, 6) is -4.48. The van der Waals surface area contributed by atoms with Crippen molar-refractivity contribution in [2.45, 2.75) is 51.0 Å². The number of imide groups is 1. The van der Waals surface area contributed by atoms with Crippen LogP contribution in [0, 0.1) is 0 Å². The highest BCUT2D eigenvalue weighted by atomic mass is 16.5. The van der Waals surface area contributed by atoms with E-state index < -0.39 is 55.3 Å². The summed E-state index contributed by atoms with van der Waals surface area (Å²) in [5, 5.41) is 18.2. The van der Waals surface area contributed by atoms with Crippen molar-refractivity contribution in [3.8, 4) is 0 Å². The van der Waals surface area contributed by atoms with Gasteiger partial charge in [-0.15, -0.1) is 0 Å². The molecule has 5 N–H and O–H groups in total. The summed E-state index contributed by atoms with van der Waals surface area (Å²) in [4.78, 5) is 96.1. The Kier molecular flexibility index (Phi) is 15.5. The number of carboxylic acid groups (broad SMARTS) is 1. The molecule has 1 aliphatic rings. The van der Waals surface area contributed by atoms with Gasteiger partial charge in [0.2, 0.25) is 23.6 Å². The second-order valence-electron chi connectivity index (χ2n) is 9.80. The van der Waals surface area contributed by atoms with Crippen LogP contribution in [0.15, 0.2) is 42.5 Å². The Morgan fingerprint density at radius 1 is 0.773 bits per heavy atom. The van der Waals surface area contributed by atoms with Crippen LogP contribution in [0.25, 0.3) is 0 Å². The van der Waals surface area contributed by atoms with E-state index in [9.17, 15) is 38.4 Å². The van der Waals surface area contributed by atoms with Gasteiger partial charge in [0.1, 0.15) is 25.2 Å². The SMILES string of the molecule is O=C(O)COCNC(=O)CNC(=O)[C@H](Cc1ccccc1)NC(=O)CNC(=O)CCC(=O)CCCCCN1C(=O)C=CC1=O. The molecule has 0 saturated carbocycles. The minimum atomic E-state index is -1.20. The molecular weight excluding hydrogens is 578 g/mol. The van der Waals surface area contributed by atoms with Crippen molar-refractivity contribution in [2.75, 3.05) is 33.0 Å². The van der Waals surface area contributed by atoms with Gasteiger partial charge in [-0.1, -0.05) is 36.8 Å². The van der Waals surface area contributed by atoms with Crippen LogP contribution in [0.5, 0.6) is 0 Å². The molecular formula is C29H37N5O10. The van der Waals surface area contributed by atoms with Gasteiger partial charge in [0.15, 0.2) is 0 Å². The summed E-state index contributed by atoms with van der Waals surface area (Å²) in [5.41, 5.74) is 0.733. The second kappa shape index (κ2) is 19.3. The van der Waals surface area contributed by atoms with Gasteiger partial charge < -0.3 is 31.1 Å². The lowest BCUT2D eigenvalue weighted by Gasteiger charge is -2.19. The highest BCUT2D eigenvalue weighted by molar-refractivity contribution is 6.12. The topological polar surface area (TPSA) is 217 Å². The van der Waals surface area contributed by atoms with Crippen LogP contribution in [0.3, 0.4) is 0 Å². The van der Waals surface area contributed by atoms with Crippen molar-refractivity contribution in [1.82, 2.24) is 26.2 Å². The number of Topliss-reactive ketones (excluding diaryl/α,β-unsaturated/α-hetero) is 1. The van der Waals surface area contributed by atoms with E-state index in [0.717, 1.165) is 10.5 Å². The largest absolute Gasteiger partial charge is 0.480 e. The Balaban J connectivity index is 1.69. The van der Waals surface area contributed by atoms with E-state index in [1.807, 2.05) is 0 Å². The summed E-state index contributed by atoms with van der Waals surface area (Å²) in [6.07, 6.45) is 4.42. The predicted octanol–water partition coefficient (Wildman–Crippen LogP) is -1.04. The third-order valence-electron chi connectivity index (χ3n) is 6.27. The summed E-state index contributed by atoms with van der Waals surface area (Å²) in [6, 6.07) is 7.74. The number of unbranched alkanes of at least 4 members (excludes halogenated alkanes) is 2. The highest BCUT2D eigenvalue weighted by Crippen LogP contribution is 2.09. The van der Waals surface area contributed by atoms with Crippen LogP contribution in [0.4, 0.5) is 0 Å². The molecule has 238 valence electrons. The monoisotopic (exact) mass is 615 g/mol. The first-order chi connectivity index (χ1) is 21.0. The molecule has 0 unspecified atom stereocenters. The van der Waals surface area contributed by atoms with Gasteiger partial charge in [0.25, 0.3) is 11.8 Å². The Labute approximate surface area is 253 Å². The first-order valence-electron chi connectivity index (χ1n) is 14.0. The lowest BCUT2D eigenvalue weighted by molar-refractivity contribution is -0.143. The van der Waals surface area contributed by atoms with Crippen molar-refractivity contribution < 1.29 is 48.2 Å². The Hall–Kier alpha value is -4.92. The van der Waals surface area contributed by atoms with E-state index in [2.05, 4.69) is 21.3 Å². The number of carbonyl (C=O) groups excluding carboxylic acids is 7. The molecule has 0 aromatic heterocycles. The van der Waals surface area contributed by atoms with Crippen LogP contribution in [0.1, 0.15) is 44.1 Å². The number of ketones is 1. The Morgan fingerprint density at radius 3 is 2.14 bits per heavy atom. The molecule has 1 aliphatic heterocycles. The number of carboxylic acids is 1. The highest BCUT2D eigenvalue weighted by Gasteiger charge is 2.23. The molecule has 15 nitrogen and oxygen atoms in total. The molecule has 1 aromatic carbocycles. The average Bonchev–Trinajstić information content (AvgIpc) is 3.32. The fraction of sp³-hybridized carbons (Fsp3) is 0.448. The summed E-state index contributed by atoms with van der Waals surface area (Å²) < 4.78 is 4.70. The van der Waals surface area contributed by atoms with E-state index in [4.69, 9.17) is 9.84 Å². The van der Waals surface area contributed by atoms with Crippen molar-refractivity contribution in [3.05, 3.63) is 48.0 Å². The molecule has 0 bridgehead atoms. The lowest BCUT2D eigenvalue weighted by atomic mass is 10.1. The number of aliphatic carboxylic acids is 1. The summed E-state index contributed by atoms with van der Waals surface area (Å²) in [7, 11) is 0. The van der Waals surface area contributed by atoms with Crippen LogP contribution in [-0.2, 0) is 49.5 Å². The number of ether oxygens (including phenoxy) is 1. The summed E-state index contributed by atoms with van der Waals surface area (Å²) in [6.45, 7) is -1.55. The molecule has 15 heteroatoms. The van der Waals surface area contributed by atoms with Crippen LogP contribution >= 0.6 is 0 Å². The quantitative estimate of drug-likeness (QED) is 0.0642. The second-order valence-corrected chi connectivity index (χ2v) is 9.80. The van der Waals surface area contributed by atoms with Gasteiger partial charge in [-0.05, 0) is 18.4 Å². The van der Waals surface area contributed by atoms with E-state index >= 15 is 0 Å². The number of carbonyl (C=O) groups is 8. The minimum Gasteiger partial charge on any atom is -0.480 e. The van der Waals surface area contributed by atoms with E-state index in [-0.39, 0.29) is 56.6 Å². The van der Waals surface area contributed by atoms with E-state index in [1.165, 1.54) is 12.2 Å². The number of hydrogen-bond acceptors (Lipinski definition) is 9. The zero-order chi connectivity index (χ0) is 32.3.